The van der Waals surface area contributed by atoms with E-state index in [1.807, 2.05) is 24.3 Å². The Morgan fingerprint density at radius 2 is 1.76 bits per heavy atom. The van der Waals surface area contributed by atoms with E-state index in [-0.39, 0.29) is 12.0 Å². The van der Waals surface area contributed by atoms with Gasteiger partial charge in [0.15, 0.2) is 0 Å². The van der Waals surface area contributed by atoms with Gasteiger partial charge in [-0.15, -0.1) is 0 Å². The van der Waals surface area contributed by atoms with Crippen LogP contribution in [-0.4, -0.2) is 74.4 Å². The topological polar surface area (TPSA) is 70.1 Å². The number of ether oxygens (including phenoxy) is 1. The highest BCUT2D eigenvalue weighted by atomic mass is 32.2. The SMILES string of the molecule is CC(C)(C)c1ccccc1OC[C@H](O)CN1CCN(S(C)(=O)=O)CC1. The molecule has 1 aromatic rings. The zero-order valence-corrected chi connectivity index (χ0v) is 16.4. The van der Waals surface area contributed by atoms with Gasteiger partial charge in [-0.3, -0.25) is 4.90 Å². The number of benzene rings is 1. The van der Waals surface area contributed by atoms with Crippen molar-refractivity contribution >= 4 is 10.0 Å². The van der Waals surface area contributed by atoms with Gasteiger partial charge in [-0.1, -0.05) is 39.0 Å². The first kappa shape index (κ1) is 20.2. The van der Waals surface area contributed by atoms with Gasteiger partial charge in [-0.05, 0) is 17.0 Å². The molecule has 7 heteroatoms. The van der Waals surface area contributed by atoms with Crippen molar-refractivity contribution in [3.05, 3.63) is 29.8 Å². The molecule has 1 heterocycles. The molecule has 142 valence electrons. The molecule has 1 fully saturated rings. The molecule has 6 nitrogen and oxygen atoms in total. The number of hydrogen-bond acceptors (Lipinski definition) is 5. The van der Waals surface area contributed by atoms with Gasteiger partial charge in [-0.25, -0.2) is 8.42 Å². The van der Waals surface area contributed by atoms with E-state index >= 15 is 0 Å². The highest BCUT2D eigenvalue weighted by Gasteiger charge is 2.25. The van der Waals surface area contributed by atoms with Crippen LogP contribution in [0.25, 0.3) is 0 Å². The Hall–Kier alpha value is -1.15. The van der Waals surface area contributed by atoms with Crippen molar-refractivity contribution < 1.29 is 18.3 Å². The molecule has 0 spiro atoms. The summed E-state index contributed by atoms with van der Waals surface area (Å²) in [5.74, 6) is 0.802. The van der Waals surface area contributed by atoms with E-state index in [0.29, 0.717) is 32.7 Å². The molecule has 0 aliphatic carbocycles. The van der Waals surface area contributed by atoms with Crippen molar-refractivity contribution in [1.29, 1.82) is 0 Å². The molecule has 1 atom stereocenters. The summed E-state index contributed by atoms with van der Waals surface area (Å²) >= 11 is 0. The molecule has 0 bridgehead atoms. The zero-order valence-electron chi connectivity index (χ0n) is 15.6. The predicted molar refractivity (Wildman–Crippen MR) is 99.5 cm³/mol. The molecule has 0 aromatic heterocycles. The lowest BCUT2D eigenvalue weighted by Crippen LogP contribution is -2.50. The monoisotopic (exact) mass is 370 g/mol. The summed E-state index contributed by atoms with van der Waals surface area (Å²) in [5, 5.41) is 10.3. The van der Waals surface area contributed by atoms with E-state index in [1.165, 1.54) is 10.6 Å². The molecular weight excluding hydrogens is 340 g/mol. The maximum Gasteiger partial charge on any atom is 0.211 e. The van der Waals surface area contributed by atoms with Gasteiger partial charge >= 0.3 is 0 Å². The first-order valence-corrected chi connectivity index (χ1v) is 10.5. The third-order valence-corrected chi connectivity index (χ3v) is 5.70. The van der Waals surface area contributed by atoms with Crippen molar-refractivity contribution in [3.63, 3.8) is 0 Å². The van der Waals surface area contributed by atoms with E-state index in [9.17, 15) is 13.5 Å². The fraction of sp³-hybridized carbons (Fsp3) is 0.667. The van der Waals surface area contributed by atoms with Crippen molar-refractivity contribution in [1.82, 2.24) is 9.21 Å². The second-order valence-corrected chi connectivity index (χ2v) is 9.66. The van der Waals surface area contributed by atoms with Crippen molar-refractivity contribution in [2.45, 2.75) is 32.3 Å². The normalized spacial score (nSPS) is 18.9. The highest BCUT2D eigenvalue weighted by molar-refractivity contribution is 7.88. The number of nitrogens with zero attached hydrogens (tertiary/aromatic N) is 2. The Balaban J connectivity index is 1.84. The molecule has 25 heavy (non-hydrogen) atoms. The van der Waals surface area contributed by atoms with Crippen molar-refractivity contribution in [2.75, 3.05) is 45.6 Å². The lowest BCUT2D eigenvalue weighted by molar-refractivity contribution is 0.0564. The molecule has 2 rings (SSSR count). The van der Waals surface area contributed by atoms with E-state index < -0.39 is 16.1 Å². The quantitative estimate of drug-likeness (QED) is 0.817. The number of aliphatic hydroxyl groups excluding tert-OH is 1. The zero-order chi connectivity index (χ0) is 18.7. The first-order valence-electron chi connectivity index (χ1n) is 8.65. The number of para-hydroxylation sites is 1. The summed E-state index contributed by atoms with van der Waals surface area (Å²) in [6.45, 7) is 9.30. The predicted octanol–water partition coefficient (Wildman–Crippen LogP) is 1.30. The average Bonchev–Trinajstić information content (AvgIpc) is 2.52. The standard InChI is InChI=1S/C18H30N2O4S/c1-18(2,3)16-7-5-6-8-17(16)24-14-15(21)13-19-9-11-20(12-10-19)25(4,22)23/h5-8,15,21H,9-14H2,1-4H3/t15-/m1/s1. The minimum absolute atomic E-state index is 0.0243. The Bertz CT molecular complexity index is 662. The van der Waals surface area contributed by atoms with Crippen LogP contribution in [0.2, 0.25) is 0 Å². The Morgan fingerprint density at radius 3 is 2.32 bits per heavy atom. The molecular formula is C18H30N2O4S. The Morgan fingerprint density at radius 1 is 1.16 bits per heavy atom. The average molecular weight is 371 g/mol. The third-order valence-electron chi connectivity index (χ3n) is 4.40. The van der Waals surface area contributed by atoms with Crippen LogP contribution in [0, 0.1) is 0 Å². The minimum Gasteiger partial charge on any atom is -0.491 e. The van der Waals surface area contributed by atoms with Crippen LogP contribution >= 0.6 is 0 Å². The maximum atomic E-state index is 11.5. The van der Waals surface area contributed by atoms with E-state index in [0.717, 1.165) is 11.3 Å². The van der Waals surface area contributed by atoms with Crippen LogP contribution in [-0.2, 0) is 15.4 Å². The number of rotatable bonds is 6. The number of β-amino-alcohol motifs (C(OH)–C–C–N with tert-alkyl or cyclic N) is 1. The summed E-state index contributed by atoms with van der Waals surface area (Å²) in [7, 11) is -3.12. The van der Waals surface area contributed by atoms with Crippen LogP contribution in [0.3, 0.4) is 0 Å². The number of sulfonamides is 1. The smallest absolute Gasteiger partial charge is 0.211 e. The van der Waals surface area contributed by atoms with Crippen molar-refractivity contribution in [2.24, 2.45) is 0 Å². The molecule has 1 N–H and O–H groups in total. The summed E-state index contributed by atoms with van der Waals surface area (Å²) in [5.41, 5.74) is 1.09. The molecule has 1 aliphatic rings. The van der Waals surface area contributed by atoms with Gasteiger partial charge in [0, 0.05) is 32.7 Å². The summed E-state index contributed by atoms with van der Waals surface area (Å²) < 4.78 is 30.4. The first-order chi connectivity index (χ1) is 11.6. The fourth-order valence-electron chi connectivity index (χ4n) is 2.99. The molecule has 0 amide bonds. The van der Waals surface area contributed by atoms with Crippen molar-refractivity contribution in [3.8, 4) is 5.75 Å². The molecule has 0 radical (unpaired) electrons. The van der Waals surface area contributed by atoms with E-state index in [2.05, 4.69) is 25.7 Å². The van der Waals surface area contributed by atoms with E-state index in [4.69, 9.17) is 4.74 Å². The van der Waals surface area contributed by atoms with Crippen LogP contribution in [0.15, 0.2) is 24.3 Å². The van der Waals surface area contributed by atoms with Crippen LogP contribution in [0.5, 0.6) is 5.75 Å². The van der Waals surface area contributed by atoms with E-state index in [1.54, 1.807) is 0 Å². The van der Waals surface area contributed by atoms with Gasteiger partial charge in [-0.2, -0.15) is 4.31 Å². The lowest BCUT2D eigenvalue weighted by Gasteiger charge is -2.34. The molecule has 1 saturated heterocycles. The largest absolute Gasteiger partial charge is 0.491 e. The minimum atomic E-state index is -3.12. The van der Waals surface area contributed by atoms with Gasteiger partial charge in [0.1, 0.15) is 18.5 Å². The molecule has 0 saturated carbocycles. The molecule has 0 unspecified atom stereocenters. The van der Waals surface area contributed by atoms with Gasteiger partial charge in [0.25, 0.3) is 0 Å². The van der Waals surface area contributed by atoms with Gasteiger partial charge < -0.3 is 9.84 Å². The lowest BCUT2D eigenvalue weighted by atomic mass is 9.86. The summed E-state index contributed by atoms with van der Waals surface area (Å²) in [6.07, 6.45) is 0.621. The Kier molecular flexibility index (Phi) is 6.48. The summed E-state index contributed by atoms with van der Waals surface area (Å²) in [4.78, 5) is 2.07. The van der Waals surface area contributed by atoms with Crippen LogP contribution in [0.4, 0.5) is 0 Å². The maximum absolute atomic E-state index is 11.5. The van der Waals surface area contributed by atoms with Crippen LogP contribution < -0.4 is 4.74 Å². The van der Waals surface area contributed by atoms with Gasteiger partial charge in [0.05, 0.1) is 6.26 Å². The second kappa shape index (κ2) is 8.03. The highest BCUT2D eigenvalue weighted by Crippen LogP contribution is 2.30. The third kappa shape index (κ3) is 5.95. The fourth-order valence-corrected chi connectivity index (χ4v) is 3.82. The number of piperazine rings is 1. The number of aliphatic hydroxyl groups is 1. The molecule has 1 aromatic carbocycles. The molecule has 1 aliphatic heterocycles. The number of hydrogen-bond donors (Lipinski definition) is 1. The van der Waals surface area contributed by atoms with Crippen LogP contribution in [0.1, 0.15) is 26.3 Å². The Labute approximate surface area is 151 Å². The summed E-state index contributed by atoms with van der Waals surface area (Å²) in [6, 6.07) is 7.90. The second-order valence-electron chi connectivity index (χ2n) is 7.67. The van der Waals surface area contributed by atoms with Gasteiger partial charge in [0.2, 0.25) is 10.0 Å².